The Bertz CT molecular complexity index is 995. The maximum Gasteiger partial charge on any atom is 0.258 e. The normalized spacial score (nSPS) is 15.3. The molecule has 0 saturated heterocycles. The van der Waals surface area contributed by atoms with E-state index in [0.717, 1.165) is 29.5 Å². The van der Waals surface area contributed by atoms with Gasteiger partial charge in [-0.15, -0.1) is 0 Å². The summed E-state index contributed by atoms with van der Waals surface area (Å²) in [6, 6.07) is 13.5. The van der Waals surface area contributed by atoms with Crippen molar-refractivity contribution in [3.05, 3.63) is 53.7 Å². The smallest absolute Gasteiger partial charge is 0.258 e. The lowest BCUT2D eigenvalue weighted by molar-refractivity contribution is -0.123. The van der Waals surface area contributed by atoms with Crippen molar-refractivity contribution in [1.82, 2.24) is 10.3 Å². The molecule has 4 rings (SSSR count). The van der Waals surface area contributed by atoms with E-state index in [9.17, 15) is 4.79 Å². The maximum absolute atomic E-state index is 12.4. The van der Waals surface area contributed by atoms with Crippen LogP contribution >= 0.6 is 0 Å². The molecule has 1 heterocycles. The number of aromatic amines is 1. The van der Waals surface area contributed by atoms with Crippen LogP contribution < -0.4 is 19.5 Å². The maximum atomic E-state index is 12.4. The second-order valence-electron chi connectivity index (χ2n) is 6.83. The molecule has 0 fully saturated rings. The average Bonchev–Trinajstić information content (AvgIpc) is 3.24. The van der Waals surface area contributed by atoms with Gasteiger partial charge in [0, 0.05) is 29.1 Å². The summed E-state index contributed by atoms with van der Waals surface area (Å²) in [6.45, 7) is 2.42. The Morgan fingerprint density at radius 1 is 1.14 bits per heavy atom. The molecular formula is C22H24N2O4. The van der Waals surface area contributed by atoms with E-state index in [0.29, 0.717) is 18.1 Å². The molecule has 146 valence electrons. The Morgan fingerprint density at radius 2 is 1.93 bits per heavy atom. The van der Waals surface area contributed by atoms with Crippen LogP contribution in [0.1, 0.15) is 18.2 Å². The van der Waals surface area contributed by atoms with Gasteiger partial charge < -0.3 is 24.5 Å². The Hall–Kier alpha value is -3.15. The molecule has 1 atom stereocenters. The first-order chi connectivity index (χ1) is 13.7. The van der Waals surface area contributed by atoms with Gasteiger partial charge in [0.1, 0.15) is 5.75 Å². The first-order valence-corrected chi connectivity index (χ1v) is 9.49. The fourth-order valence-corrected chi connectivity index (χ4v) is 3.74. The zero-order valence-electron chi connectivity index (χ0n) is 16.1. The van der Waals surface area contributed by atoms with Crippen LogP contribution in [-0.2, 0) is 17.6 Å². The Balaban J connectivity index is 1.37. The molecule has 2 N–H and O–H groups in total. The Morgan fingerprint density at radius 3 is 2.68 bits per heavy atom. The van der Waals surface area contributed by atoms with Gasteiger partial charge in [0.25, 0.3) is 5.91 Å². The van der Waals surface area contributed by atoms with Gasteiger partial charge in [-0.05, 0) is 49.2 Å². The predicted octanol–water partition coefficient (Wildman–Crippen LogP) is 3.24. The highest BCUT2D eigenvalue weighted by Crippen LogP contribution is 2.32. The fraction of sp³-hybridized carbons (Fsp3) is 0.318. The second-order valence-corrected chi connectivity index (χ2v) is 6.83. The van der Waals surface area contributed by atoms with Crippen LogP contribution in [0.4, 0.5) is 0 Å². The van der Waals surface area contributed by atoms with Crippen molar-refractivity contribution < 1.29 is 19.0 Å². The highest BCUT2D eigenvalue weighted by molar-refractivity contribution is 5.87. The lowest BCUT2D eigenvalue weighted by Gasteiger charge is -2.14. The van der Waals surface area contributed by atoms with Gasteiger partial charge in [-0.2, -0.15) is 0 Å². The highest BCUT2D eigenvalue weighted by Gasteiger charge is 2.27. The topological polar surface area (TPSA) is 72.6 Å². The van der Waals surface area contributed by atoms with E-state index in [1.807, 2.05) is 43.3 Å². The molecule has 0 radical (unpaired) electrons. The number of fused-ring (bicyclic) bond motifs is 3. The number of benzene rings is 2. The first kappa shape index (κ1) is 18.2. The first-order valence-electron chi connectivity index (χ1n) is 9.49. The summed E-state index contributed by atoms with van der Waals surface area (Å²) >= 11 is 0. The van der Waals surface area contributed by atoms with Crippen molar-refractivity contribution in [3.63, 3.8) is 0 Å². The van der Waals surface area contributed by atoms with Crippen molar-refractivity contribution in [2.75, 3.05) is 20.3 Å². The molecule has 1 amide bonds. The van der Waals surface area contributed by atoms with Crippen molar-refractivity contribution in [2.24, 2.45) is 0 Å². The molecule has 0 bridgehead atoms. The Labute approximate surface area is 163 Å². The number of hydrogen-bond donors (Lipinski definition) is 2. The van der Waals surface area contributed by atoms with Gasteiger partial charge in [0.05, 0.1) is 13.7 Å². The van der Waals surface area contributed by atoms with E-state index >= 15 is 0 Å². The SMILES string of the molecule is CCOc1ccccc1OCC(=O)NC1Cc2[nH]c3ccc(OC)cc3c2C1. The minimum atomic E-state index is -0.136. The molecule has 3 aromatic rings. The largest absolute Gasteiger partial charge is 0.497 e. The minimum Gasteiger partial charge on any atom is -0.497 e. The fourth-order valence-electron chi connectivity index (χ4n) is 3.74. The van der Waals surface area contributed by atoms with Crippen LogP contribution in [0.25, 0.3) is 10.9 Å². The van der Waals surface area contributed by atoms with Gasteiger partial charge in [0.15, 0.2) is 18.1 Å². The van der Waals surface area contributed by atoms with E-state index in [-0.39, 0.29) is 18.6 Å². The molecule has 1 unspecified atom stereocenters. The van der Waals surface area contributed by atoms with E-state index in [2.05, 4.69) is 10.3 Å². The number of para-hydroxylation sites is 2. The molecule has 0 spiro atoms. The number of ether oxygens (including phenoxy) is 3. The van der Waals surface area contributed by atoms with Crippen molar-refractivity contribution in [1.29, 1.82) is 0 Å². The number of hydrogen-bond acceptors (Lipinski definition) is 4. The molecule has 1 aliphatic rings. The molecule has 0 aliphatic heterocycles. The van der Waals surface area contributed by atoms with E-state index in [1.165, 1.54) is 11.3 Å². The molecule has 2 aromatic carbocycles. The third-order valence-corrected chi connectivity index (χ3v) is 4.98. The van der Waals surface area contributed by atoms with Gasteiger partial charge in [-0.3, -0.25) is 4.79 Å². The van der Waals surface area contributed by atoms with Gasteiger partial charge in [0.2, 0.25) is 0 Å². The third kappa shape index (κ3) is 3.63. The standard InChI is InChI=1S/C22H24N2O4/c1-3-27-20-6-4-5-7-21(20)28-13-22(25)23-14-10-16-17-12-15(26-2)8-9-18(17)24-19(16)11-14/h4-9,12,14,24H,3,10-11,13H2,1-2H3,(H,23,25). The number of nitrogens with one attached hydrogen (secondary N) is 2. The zero-order valence-corrected chi connectivity index (χ0v) is 16.1. The summed E-state index contributed by atoms with van der Waals surface area (Å²) in [5.74, 6) is 1.93. The van der Waals surface area contributed by atoms with Crippen LogP contribution in [-0.4, -0.2) is 37.3 Å². The van der Waals surface area contributed by atoms with Crippen LogP contribution in [0.3, 0.4) is 0 Å². The number of carbonyl (C=O) groups excluding carboxylic acids is 1. The number of amides is 1. The number of H-pyrrole nitrogens is 1. The lowest BCUT2D eigenvalue weighted by Crippen LogP contribution is -2.38. The molecular weight excluding hydrogens is 356 g/mol. The summed E-state index contributed by atoms with van der Waals surface area (Å²) in [5.41, 5.74) is 3.53. The van der Waals surface area contributed by atoms with Crippen molar-refractivity contribution >= 4 is 16.8 Å². The molecule has 6 heteroatoms. The molecule has 0 saturated carbocycles. The highest BCUT2D eigenvalue weighted by atomic mass is 16.5. The van der Waals surface area contributed by atoms with E-state index in [4.69, 9.17) is 14.2 Å². The second kappa shape index (κ2) is 7.84. The molecule has 28 heavy (non-hydrogen) atoms. The summed E-state index contributed by atoms with van der Waals surface area (Å²) in [5, 5.41) is 4.23. The van der Waals surface area contributed by atoms with Crippen LogP contribution in [0.2, 0.25) is 0 Å². The summed E-state index contributed by atoms with van der Waals surface area (Å²) < 4.78 is 16.5. The summed E-state index contributed by atoms with van der Waals surface area (Å²) in [4.78, 5) is 15.8. The van der Waals surface area contributed by atoms with Crippen molar-refractivity contribution in [2.45, 2.75) is 25.8 Å². The monoisotopic (exact) mass is 380 g/mol. The molecule has 6 nitrogen and oxygen atoms in total. The van der Waals surface area contributed by atoms with E-state index in [1.54, 1.807) is 13.2 Å². The number of methoxy groups -OCH3 is 1. The van der Waals surface area contributed by atoms with Gasteiger partial charge in [-0.25, -0.2) is 0 Å². The predicted molar refractivity (Wildman–Crippen MR) is 107 cm³/mol. The number of aromatic nitrogens is 1. The number of rotatable bonds is 7. The number of carbonyl (C=O) groups is 1. The minimum absolute atomic E-state index is 0.0386. The average molecular weight is 380 g/mol. The van der Waals surface area contributed by atoms with Gasteiger partial charge in [-0.1, -0.05) is 12.1 Å². The van der Waals surface area contributed by atoms with Crippen LogP contribution in [0, 0.1) is 0 Å². The van der Waals surface area contributed by atoms with Gasteiger partial charge >= 0.3 is 0 Å². The quantitative estimate of drug-likeness (QED) is 0.660. The zero-order chi connectivity index (χ0) is 19.5. The van der Waals surface area contributed by atoms with Crippen LogP contribution in [0.5, 0.6) is 17.2 Å². The lowest BCUT2D eigenvalue weighted by atomic mass is 10.1. The third-order valence-electron chi connectivity index (χ3n) is 4.98. The molecule has 1 aliphatic carbocycles. The van der Waals surface area contributed by atoms with E-state index < -0.39 is 0 Å². The Kier molecular flexibility index (Phi) is 5.10. The summed E-state index contributed by atoms with van der Waals surface area (Å²) in [7, 11) is 1.67. The van der Waals surface area contributed by atoms with Crippen LogP contribution in [0.15, 0.2) is 42.5 Å². The van der Waals surface area contributed by atoms with Crippen molar-refractivity contribution in [3.8, 4) is 17.2 Å². The molecule has 1 aromatic heterocycles. The summed E-state index contributed by atoms with van der Waals surface area (Å²) in [6.07, 6.45) is 1.58.